The molecule has 5 rings (SSSR count). The van der Waals surface area contributed by atoms with E-state index < -0.39 is 0 Å². The summed E-state index contributed by atoms with van der Waals surface area (Å²) in [5.41, 5.74) is 14.0. The van der Waals surface area contributed by atoms with E-state index in [1.807, 2.05) is 18.2 Å². The maximum atomic E-state index is 12.5. The van der Waals surface area contributed by atoms with E-state index in [0.717, 1.165) is 29.7 Å². The number of hydrogen-bond donors (Lipinski definition) is 3. The van der Waals surface area contributed by atoms with Gasteiger partial charge in [-0.2, -0.15) is 0 Å². The van der Waals surface area contributed by atoms with Crippen molar-refractivity contribution >= 4 is 17.3 Å². The average Bonchev–Trinajstić information content (AvgIpc) is 2.46. The summed E-state index contributed by atoms with van der Waals surface area (Å²) in [7, 11) is 0. The maximum absolute atomic E-state index is 12.5. The van der Waals surface area contributed by atoms with Crippen LogP contribution in [0.15, 0.2) is 18.2 Å². The minimum atomic E-state index is 0.117. The highest BCUT2D eigenvalue weighted by Gasteiger charge is 2.51. The van der Waals surface area contributed by atoms with Crippen LogP contribution < -0.4 is 16.8 Å². The second kappa shape index (κ2) is 5.43. The van der Waals surface area contributed by atoms with Gasteiger partial charge in [-0.05, 0) is 80.4 Å². The van der Waals surface area contributed by atoms with Crippen molar-refractivity contribution < 1.29 is 4.79 Å². The Morgan fingerprint density at radius 2 is 1.65 bits per heavy atom. The topological polar surface area (TPSA) is 81.1 Å². The molecule has 4 nitrogen and oxygen atoms in total. The van der Waals surface area contributed by atoms with Crippen LogP contribution in [0.2, 0.25) is 0 Å². The third-order valence-electron chi connectivity index (χ3n) is 6.23. The van der Waals surface area contributed by atoms with Crippen molar-refractivity contribution in [1.82, 2.24) is 5.32 Å². The molecule has 23 heavy (non-hydrogen) atoms. The van der Waals surface area contributed by atoms with Gasteiger partial charge in [0.15, 0.2) is 0 Å². The molecule has 124 valence electrons. The summed E-state index contributed by atoms with van der Waals surface area (Å²) < 4.78 is 0. The van der Waals surface area contributed by atoms with Gasteiger partial charge in [-0.1, -0.05) is 6.07 Å². The molecule has 0 aromatic heterocycles. The number of carbonyl (C=O) groups excluding carboxylic acids is 1. The quantitative estimate of drug-likeness (QED) is 0.748. The fourth-order valence-electron chi connectivity index (χ4n) is 5.66. The van der Waals surface area contributed by atoms with E-state index in [1.165, 1.54) is 38.5 Å². The molecule has 1 amide bonds. The molecule has 4 aliphatic carbocycles. The molecule has 4 aliphatic rings. The highest BCUT2D eigenvalue weighted by atomic mass is 16.1. The molecule has 4 heteroatoms. The van der Waals surface area contributed by atoms with Crippen LogP contribution >= 0.6 is 0 Å². The third-order valence-corrected chi connectivity index (χ3v) is 6.23. The number of nitrogen functional groups attached to an aromatic ring is 2. The number of rotatable bonds is 4. The van der Waals surface area contributed by atoms with Crippen LogP contribution in [-0.2, 0) is 11.2 Å². The molecular weight excluding hydrogens is 286 g/mol. The molecule has 0 radical (unpaired) electrons. The summed E-state index contributed by atoms with van der Waals surface area (Å²) in [6.45, 7) is 0. The maximum Gasteiger partial charge on any atom is 0.220 e. The molecule has 0 spiro atoms. The van der Waals surface area contributed by atoms with Gasteiger partial charge in [0.05, 0.1) is 11.4 Å². The van der Waals surface area contributed by atoms with Crippen LogP contribution in [0.3, 0.4) is 0 Å². The molecule has 4 bridgehead atoms. The SMILES string of the molecule is Nc1ccc(CCC(=O)NC23CC4CC(CC(C4)C2)C3)cc1N. The van der Waals surface area contributed by atoms with Crippen LogP contribution in [0.5, 0.6) is 0 Å². The van der Waals surface area contributed by atoms with Crippen LogP contribution in [0.4, 0.5) is 11.4 Å². The van der Waals surface area contributed by atoms with Gasteiger partial charge < -0.3 is 16.8 Å². The van der Waals surface area contributed by atoms with Crippen molar-refractivity contribution in [3.8, 4) is 0 Å². The summed E-state index contributed by atoms with van der Waals surface area (Å²) in [6.07, 6.45) is 9.09. The Balaban J connectivity index is 1.36. The normalized spacial score (nSPS) is 34.5. The molecule has 0 unspecified atom stereocenters. The molecule has 0 aliphatic heterocycles. The summed E-state index contributed by atoms with van der Waals surface area (Å²) >= 11 is 0. The first-order valence-electron chi connectivity index (χ1n) is 8.96. The van der Waals surface area contributed by atoms with Crippen molar-refractivity contribution in [1.29, 1.82) is 0 Å². The van der Waals surface area contributed by atoms with E-state index in [-0.39, 0.29) is 11.4 Å². The number of amides is 1. The summed E-state index contributed by atoms with van der Waals surface area (Å²) in [5.74, 6) is 2.78. The van der Waals surface area contributed by atoms with E-state index in [1.54, 1.807) is 0 Å². The summed E-state index contributed by atoms with van der Waals surface area (Å²) in [5, 5.41) is 3.43. The lowest BCUT2D eigenvalue weighted by Gasteiger charge is -2.56. The third kappa shape index (κ3) is 2.91. The number of carbonyl (C=O) groups is 1. The fourth-order valence-corrected chi connectivity index (χ4v) is 5.66. The Morgan fingerprint density at radius 3 is 2.22 bits per heavy atom. The molecule has 5 N–H and O–H groups in total. The second-order valence-corrected chi connectivity index (χ2v) is 8.21. The van der Waals surface area contributed by atoms with Crippen LogP contribution in [0.1, 0.15) is 50.5 Å². The first kappa shape index (κ1) is 14.9. The first-order chi connectivity index (χ1) is 11.0. The number of nitrogens with one attached hydrogen (secondary N) is 1. The Kier molecular flexibility index (Phi) is 3.51. The lowest BCUT2D eigenvalue weighted by molar-refractivity contribution is -0.126. The predicted octanol–water partition coefficient (Wildman–Crippen LogP) is 2.87. The number of nitrogens with two attached hydrogens (primary N) is 2. The highest BCUT2D eigenvalue weighted by Crippen LogP contribution is 2.55. The van der Waals surface area contributed by atoms with Crippen LogP contribution in [0, 0.1) is 17.8 Å². The lowest BCUT2D eigenvalue weighted by atomic mass is 9.53. The highest BCUT2D eigenvalue weighted by molar-refractivity contribution is 5.77. The number of aryl methyl sites for hydroxylation is 1. The molecule has 1 aromatic rings. The minimum absolute atomic E-state index is 0.117. The van der Waals surface area contributed by atoms with Gasteiger partial charge >= 0.3 is 0 Å². The molecule has 0 saturated heterocycles. The Morgan fingerprint density at radius 1 is 1.04 bits per heavy atom. The molecule has 4 saturated carbocycles. The van der Waals surface area contributed by atoms with Crippen molar-refractivity contribution in [3.05, 3.63) is 23.8 Å². The fraction of sp³-hybridized carbons (Fsp3) is 0.632. The number of benzene rings is 1. The lowest BCUT2D eigenvalue weighted by Crippen LogP contribution is -2.59. The summed E-state index contributed by atoms with van der Waals surface area (Å²) in [4.78, 5) is 12.5. The van der Waals surface area contributed by atoms with Crippen molar-refractivity contribution in [2.24, 2.45) is 17.8 Å². The van der Waals surface area contributed by atoms with E-state index in [4.69, 9.17) is 11.5 Å². The van der Waals surface area contributed by atoms with Gasteiger partial charge in [-0.15, -0.1) is 0 Å². The number of anilines is 2. The summed E-state index contributed by atoms with van der Waals surface area (Å²) in [6, 6.07) is 5.67. The van der Waals surface area contributed by atoms with Crippen molar-refractivity contribution in [2.45, 2.75) is 56.9 Å². The largest absolute Gasteiger partial charge is 0.397 e. The Labute approximate surface area is 138 Å². The molecule has 4 fully saturated rings. The smallest absolute Gasteiger partial charge is 0.220 e. The zero-order chi connectivity index (χ0) is 16.0. The van der Waals surface area contributed by atoms with Crippen LogP contribution in [0.25, 0.3) is 0 Å². The average molecular weight is 313 g/mol. The van der Waals surface area contributed by atoms with E-state index in [0.29, 0.717) is 17.8 Å². The van der Waals surface area contributed by atoms with Crippen LogP contribution in [-0.4, -0.2) is 11.4 Å². The molecule has 0 heterocycles. The van der Waals surface area contributed by atoms with Gasteiger partial charge in [0.1, 0.15) is 0 Å². The van der Waals surface area contributed by atoms with Crippen molar-refractivity contribution in [2.75, 3.05) is 11.5 Å². The Hall–Kier alpha value is -1.71. The zero-order valence-corrected chi connectivity index (χ0v) is 13.7. The zero-order valence-electron chi connectivity index (χ0n) is 13.7. The minimum Gasteiger partial charge on any atom is -0.397 e. The molecule has 1 aromatic carbocycles. The van der Waals surface area contributed by atoms with Crippen molar-refractivity contribution in [3.63, 3.8) is 0 Å². The van der Waals surface area contributed by atoms with E-state index >= 15 is 0 Å². The number of hydrogen-bond acceptors (Lipinski definition) is 3. The predicted molar refractivity (Wildman–Crippen MR) is 92.6 cm³/mol. The van der Waals surface area contributed by atoms with Gasteiger partial charge in [0, 0.05) is 12.0 Å². The monoisotopic (exact) mass is 313 g/mol. The Bertz CT molecular complexity index is 590. The standard InChI is InChI=1S/C19H27N3O/c20-16-3-1-12(8-17(16)21)2-4-18(23)22-19-9-13-5-14(10-19)7-15(6-13)11-19/h1,3,8,13-15H,2,4-7,9-11,20-21H2,(H,22,23). The van der Waals surface area contributed by atoms with Gasteiger partial charge in [-0.25, -0.2) is 0 Å². The molecule has 0 atom stereocenters. The van der Waals surface area contributed by atoms with E-state index in [2.05, 4.69) is 5.32 Å². The first-order valence-corrected chi connectivity index (χ1v) is 8.96. The second-order valence-electron chi connectivity index (χ2n) is 8.21. The van der Waals surface area contributed by atoms with Gasteiger partial charge in [-0.3, -0.25) is 4.79 Å². The van der Waals surface area contributed by atoms with Gasteiger partial charge in [0.25, 0.3) is 0 Å². The van der Waals surface area contributed by atoms with Gasteiger partial charge in [0.2, 0.25) is 5.91 Å². The molecular formula is C19H27N3O. The van der Waals surface area contributed by atoms with E-state index in [9.17, 15) is 4.79 Å².